The minimum absolute atomic E-state index is 0.759. The molecule has 0 spiro atoms. The van der Waals surface area contributed by atoms with Crippen LogP contribution >= 0.6 is 0 Å². The molecule has 0 radical (unpaired) electrons. The zero-order chi connectivity index (χ0) is 15.2. The van der Waals surface area contributed by atoms with Gasteiger partial charge < -0.3 is 4.98 Å². The van der Waals surface area contributed by atoms with Crippen molar-refractivity contribution in [1.82, 2.24) is 19.8 Å². The summed E-state index contributed by atoms with van der Waals surface area (Å²) in [5, 5.41) is 1.35. The van der Waals surface area contributed by atoms with Crippen LogP contribution in [-0.2, 0) is 6.54 Å². The number of fused-ring (bicyclic) bond motifs is 2. The summed E-state index contributed by atoms with van der Waals surface area (Å²) in [6.45, 7) is 6.14. The molecule has 3 fully saturated rings. The lowest BCUT2D eigenvalue weighted by Gasteiger charge is -2.44. The SMILES string of the molecule is c1cnc2[nH]c(C3CC3)c(CN3CCN4CCCC[C@H]4C3)c2c1. The summed E-state index contributed by atoms with van der Waals surface area (Å²) in [5.74, 6) is 0.759. The van der Waals surface area contributed by atoms with Crippen molar-refractivity contribution in [1.29, 1.82) is 0 Å². The summed E-state index contributed by atoms with van der Waals surface area (Å²) in [6, 6.07) is 5.12. The molecule has 1 atom stereocenters. The third kappa shape index (κ3) is 2.58. The largest absolute Gasteiger partial charge is 0.343 e. The minimum atomic E-state index is 0.759. The van der Waals surface area contributed by atoms with E-state index in [9.17, 15) is 0 Å². The second-order valence-corrected chi connectivity index (χ2v) is 7.61. The van der Waals surface area contributed by atoms with Crippen molar-refractivity contribution < 1.29 is 0 Å². The second-order valence-electron chi connectivity index (χ2n) is 7.61. The normalized spacial score (nSPS) is 26.5. The molecule has 0 amide bonds. The lowest BCUT2D eigenvalue weighted by molar-refractivity contribution is 0.0457. The van der Waals surface area contributed by atoms with Crippen LogP contribution in [0.2, 0.25) is 0 Å². The highest BCUT2D eigenvalue weighted by molar-refractivity contribution is 5.81. The van der Waals surface area contributed by atoms with Crippen LogP contribution in [-0.4, -0.2) is 52.0 Å². The molecule has 122 valence electrons. The molecular weight excluding hydrogens is 284 g/mol. The molecule has 2 aliphatic heterocycles. The summed E-state index contributed by atoms with van der Waals surface area (Å²) in [4.78, 5) is 13.6. The van der Waals surface area contributed by atoms with E-state index in [0.29, 0.717) is 0 Å². The number of hydrogen-bond donors (Lipinski definition) is 1. The number of hydrogen-bond acceptors (Lipinski definition) is 3. The molecule has 2 aromatic rings. The third-order valence-electron chi connectivity index (χ3n) is 6.00. The van der Waals surface area contributed by atoms with Gasteiger partial charge >= 0.3 is 0 Å². The van der Waals surface area contributed by atoms with Crippen LogP contribution in [0, 0.1) is 0 Å². The van der Waals surface area contributed by atoms with E-state index in [1.165, 1.54) is 74.9 Å². The van der Waals surface area contributed by atoms with Crippen LogP contribution in [0.15, 0.2) is 18.3 Å². The van der Waals surface area contributed by atoms with Gasteiger partial charge in [-0.2, -0.15) is 0 Å². The average molecular weight is 310 g/mol. The number of aromatic amines is 1. The molecule has 5 rings (SSSR count). The zero-order valence-corrected chi connectivity index (χ0v) is 13.8. The molecular formula is C19H26N4. The van der Waals surface area contributed by atoms with E-state index in [0.717, 1.165) is 24.2 Å². The van der Waals surface area contributed by atoms with E-state index in [-0.39, 0.29) is 0 Å². The Morgan fingerprint density at radius 1 is 1.13 bits per heavy atom. The van der Waals surface area contributed by atoms with Gasteiger partial charge in [0.25, 0.3) is 0 Å². The number of pyridine rings is 1. The fourth-order valence-electron chi connectivity index (χ4n) is 4.57. The molecule has 4 nitrogen and oxygen atoms in total. The Kier molecular flexibility index (Phi) is 3.41. The molecule has 2 saturated heterocycles. The molecule has 0 aromatic carbocycles. The number of H-pyrrole nitrogens is 1. The monoisotopic (exact) mass is 310 g/mol. The van der Waals surface area contributed by atoms with Crippen molar-refractivity contribution in [3.63, 3.8) is 0 Å². The first-order valence-corrected chi connectivity index (χ1v) is 9.30. The minimum Gasteiger partial charge on any atom is -0.343 e. The van der Waals surface area contributed by atoms with Crippen LogP contribution in [0.4, 0.5) is 0 Å². The molecule has 1 saturated carbocycles. The highest BCUT2D eigenvalue weighted by atomic mass is 15.3. The van der Waals surface area contributed by atoms with E-state index in [2.05, 4.69) is 31.9 Å². The first-order valence-electron chi connectivity index (χ1n) is 9.30. The Morgan fingerprint density at radius 3 is 3.00 bits per heavy atom. The van der Waals surface area contributed by atoms with Gasteiger partial charge in [-0.1, -0.05) is 6.42 Å². The lowest BCUT2D eigenvalue weighted by Crippen LogP contribution is -2.54. The van der Waals surface area contributed by atoms with Crippen LogP contribution in [0.5, 0.6) is 0 Å². The van der Waals surface area contributed by atoms with Crippen LogP contribution in [0.25, 0.3) is 11.0 Å². The van der Waals surface area contributed by atoms with Crippen molar-refractivity contribution in [3.05, 3.63) is 29.6 Å². The Balaban J connectivity index is 1.41. The lowest BCUT2D eigenvalue weighted by atomic mass is 9.99. The summed E-state index contributed by atoms with van der Waals surface area (Å²) in [5.41, 5.74) is 4.09. The quantitative estimate of drug-likeness (QED) is 0.946. The third-order valence-corrected chi connectivity index (χ3v) is 6.00. The Labute approximate surface area is 137 Å². The Bertz CT molecular complexity index is 702. The summed E-state index contributed by atoms with van der Waals surface area (Å²) >= 11 is 0. The first kappa shape index (κ1) is 14.0. The number of piperidine rings is 1. The molecule has 1 aliphatic carbocycles. The van der Waals surface area contributed by atoms with Gasteiger partial charge in [0.2, 0.25) is 0 Å². The number of nitrogens with one attached hydrogen (secondary N) is 1. The highest BCUT2D eigenvalue weighted by Crippen LogP contribution is 2.43. The van der Waals surface area contributed by atoms with E-state index < -0.39 is 0 Å². The van der Waals surface area contributed by atoms with E-state index >= 15 is 0 Å². The number of nitrogens with zero attached hydrogens (tertiary/aromatic N) is 3. The smallest absolute Gasteiger partial charge is 0.137 e. The predicted octanol–water partition coefficient (Wildman–Crippen LogP) is 3.11. The number of aromatic nitrogens is 2. The van der Waals surface area contributed by atoms with E-state index in [4.69, 9.17) is 0 Å². The van der Waals surface area contributed by atoms with Gasteiger partial charge in [0.05, 0.1) is 0 Å². The molecule has 0 unspecified atom stereocenters. The molecule has 4 heterocycles. The van der Waals surface area contributed by atoms with Crippen molar-refractivity contribution in [2.45, 2.75) is 50.6 Å². The number of piperazine rings is 1. The summed E-state index contributed by atoms with van der Waals surface area (Å²) in [7, 11) is 0. The molecule has 23 heavy (non-hydrogen) atoms. The molecule has 0 bridgehead atoms. The topological polar surface area (TPSA) is 35.2 Å². The molecule has 4 heteroatoms. The maximum Gasteiger partial charge on any atom is 0.137 e. The van der Waals surface area contributed by atoms with Crippen molar-refractivity contribution >= 4 is 11.0 Å². The van der Waals surface area contributed by atoms with Crippen LogP contribution < -0.4 is 0 Å². The maximum absolute atomic E-state index is 4.55. The predicted molar refractivity (Wildman–Crippen MR) is 92.6 cm³/mol. The van der Waals surface area contributed by atoms with Crippen molar-refractivity contribution in [3.8, 4) is 0 Å². The maximum atomic E-state index is 4.55. The fourth-order valence-corrected chi connectivity index (χ4v) is 4.57. The summed E-state index contributed by atoms with van der Waals surface area (Å²) < 4.78 is 0. The van der Waals surface area contributed by atoms with Gasteiger partial charge in [-0.3, -0.25) is 9.80 Å². The number of rotatable bonds is 3. The second kappa shape index (κ2) is 5.60. The Hall–Kier alpha value is -1.39. The standard InChI is InChI=1S/C19H26N4/c1-2-9-23-11-10-22(12-15(23)4-1)13-17-16-5-3-8-20-19(16)21-18(17)14-6-7-14/h3,5,8,14-15H,1-2,4,6-7,9-13H2,(H,20,21)/t15-/m0/s1. The van der Waals surface area contributed by atoms with Gasteiger partial charge in [-0.05, 0) is 55.8 Å². The fraction of sp³-hybridized carbons (Fsp3) is 0.632. The van der Waals surface area contributed by atoms with Crippen LogP contribution in [0.3, 0.4) is 0 Å². The van der Waals surface area contributed by atoms with E-state index in [1.807, 2.05) is 6.20 Å². The van der Waals surface area contributed by atoms with Crippen molar-refractivity contribution in [2.75, 3.05) is 26.2 Å². The van der Waals surface area contributed by atoms with E-state index in [1.54, 1.807) is 0 Å². The molecule has 1 N–H and O–H groups in total. The molecule has 3 aliphatic rings. The Morgan fingerprint density at radius 2 is 2.09 bits per heavy atom. The highest BCUT2D eigenvalue weighted by Gasteiger charge is 2.32. The first-order chi connectivity index (χ1) is 11.4. The van der Waals surface area contributed by atoms with Gasteiger partial charge in [-0.25, -0.2) is 4.98 Å². The van der Waals surface area contributed by atoms with Crippen LogP contribution in [0.1, 0.15) is 49.3 Å². The van der Waals surface area contributed by atoms with Crippen molar-refractivity contribution in [2.24, 2.45) is 0 Å². The summed E-state index contributed by atoms with van der Waals surface area (Å²) in [6.07, 6.45) is 8.80. The van der Waals surface area contributed by atoms with Gasteiger partial charge in [-0.15, -0.1) is 0 Å². The van der Waals surface area contributed by atoms with Gasteiger partial charge in [0.1, 0.15) is 5.65 Å². The molecule has 2 aromatic heterocycles. The zero-order valence-electron chi connectivity index (χ0n) is 13.8. The van der Waals surface area contributed by atoms with Gasteiger partial charge in [0.15, 0.2) is 0 Å². The average Bonchev–Trinajstić information content (AvgIpc) is 3.38. The van der Waals surface area contributed by atoms with Gasteiger partial charge in [0, 0.05) is 49.5 Å².